The van der Waals surface area contributed by atoms with Gasteiger partial charge in [-0.05, 0) is 75.7 Å². The molecule has 7 aromatic rings. The Morgan fingerprint density at radius 2 is 0.721 bits per heavy atom. The number of pyridine rings is 2. The van der Waals surface area contributed by atoms with Crippen molar-refractivity contribution in [3.8, 4) is 67.3 Å². The Balaban J connectivity index is 1.17. The molecule has 0 saturated heterocycles. The zero-order valence-electron chi connectivity index (χ0n) is 23.6. The maximum Gasteiger partial charge on any atom is 0.163 e. The molecule has 5 heteroatoms. The van der Waals surface area contributed by atoms with Crippen LogP contribution in [0.1, 0.15) is 5.82 Å². The van der Waals surface area contributed by atoms with Crippen LogP contribution in [0.15, 0.2) is 146 Å². The summed E-state index contributed by atoms with van der Waals surface area (Å²) >= 11 is 0. The highest BCUT2D eigenvalue weighted by molar-refractivity contribution is 5.76. The normalized spacial score (nSPS) is 10.9. The van der Waals surface area contributed by atoms with Crippen molar-refractivity contribution in [1.29, 1.82) is 0 Å². The monoisotopic (exact) mass is 553 g/mol. The summed E-state index contributed by atoms with van der Waals surface area (Å²) in [4.78, 5) is 22.8. The molecule has 0 bridgehead atoms. The third-order valence-corrected chi connectivity index (χ3v) is 7.41. The molecule has 0 atom stereocenters. The molecule has 4 aromatic carbocycles. The van der Waals surface area contributed by atoms with Gasteiger partial charge < -0.3 is 0 Å². The molecule has 3 aromatic heterocycles. The Kier molecular flexibility index (Phi) is 7.04. The minimum Gasteiger partial charge on any atom is -0.264 e. The molecule has 0 fully saturated rings. The number of rotatable bonds is 6. The van der Waals surface area contributed by atoms with Crippen LogP contribution < -0.4 is 0 Å². The van der Waals surface area contributed by atoms with Crippen molar-refractivity contribution >= 4 is 0 Å². The van der Waals surface area contributed by atoms with Gasteiger partial charge in [0.05, 0.1) is 0 Å². The second-order valence-electron chi connectivity index (χ2n) is 10.3. The first-order chi connectivity index (χ1) is 21.2. The fraction of sp³-hybridized carbons (Fsp3) is 0.0263. The number of aromatic nitrogens is 5. The molecule has 204 valence electrons. The molecule has 43 heavy (non-hydrogen) atoms. The number of hydrogen-bond donors (Lipinski definition) is 0. The average Bonchev–Trinajstić information content (AvgIpc) is 3.09. The van der Waals surface area contributed by atoms with Crippen molar-refractivity contribution in [2.45, 2.75) is 6.92 Å². The van der Waals surface area contributed by atoms with Crippen molar-refractivity contribution in [3.63, 3.8) is 0 Å². The van der Waals surface area contributed by atoms with Crippen molar-refractivity contribution in [3.05, 3.63) is 152 Å². The fourth-order valence-electron chi connectivity index (χ4n) is 5.19. The molecule has 0 N–H and O–H groups in total. The predicted molar refractivity (Wildman–Crippen MR) is 173 cm³/mol. The molecule has 0 aliphatic rings. The molecule has 7 rings (SSSR count). The van der Waals surface area contributed by atoms with E-state index in [0.717, 1.165) is 55.6 Å². The predicted octanol–water partition coefficient (Wildman–Crippen LogP) is 8.97. The lowest BCUT2D eigenvalue weighted by molar-refractivity contribution is 0.992. The smallest absolute Gasteiger partial charge is 0.163 e. The molecule has 0 spiro atoms. The highest BCUT2D eigenvalue weighted by Crippen LogP contribution is 2.30. The SMILES string of the molecule is Cc1nc(-c2cccc(-c3ccc(-c4cccnc4)cc3)c2)nc(-c2cccc(-c3ccc(-c4cccnc4)cc3)c2)n1. The average molecular weight is 554 g/mol. The van der Waals surface area contributed by atoms with E-state index in [1.54, 1.807) is 12.4 Å². The Hall–Kier alpha value is -5.81. The first-order valence-electron chi connectivity index (χ1n) is 14.1. The zero-order valence-corrected chi connectivity index (χ0v) is 23.6. The van der Waals surface area contributed by atoms with E-state index in [2.05, 4.69) is 94.9 Å². The zero-order chi connectivity index (χ0) is 29.0. The highest BCUT2D eigenvalue weighted by atomic mass is 15.0. The second-order valence-corrected chi connectivity index (χ2v) is 10.3. The van der Waals surface area contributed by atoms with Gasteiger partial charge in [0, 0.05) is 35.9 Å². The number of nitrogens with zero attached hydrogens (tertiary/aromatic N) is 5. The van der Waals surface area contributed by atoms with E-state index in [1.165, 1.54) is 0 Å². The lowest BCUT2D eigenvalue weighted by atomic mass is 9.99. The van der Waals surface area contributed by atoms with Gasteiger partial charge in [-0.25, -0.2) is 15.0 Å². The van der Waals surface area contributed by atoms with E-state index >= 15 is 0 Å². The van der Waals surface area contributed by atoms with Gasteiger partial charge in [-0.2, -0.15) is 0 Å². The van der Waals surface area contributed by atoms with Crippen LogP contribution in [-0.4, -0.2) is 24.9 Å². The molecular weight excluding hydrogens is 526 g/mol. The third-order valence-electron chi connectivity index (χ3n) is 7.41. The quantitative estimate of drug-likeness (QED) is 0.206. The van der Waals surface area contributed by atoms with Crippen LogP contribution >= 0.6 is 0 Å². The van der Waals surface area contributed by atoms with E-state index in [9.17, 15) is 0 Å². The van der Waals surface area contributed by atoms with Crippen LogP contribution in [0.4, 0.5) is 0 Å². The third kappa shape index (κ3) is 5.69. The summed E-state index contributed by atoms with van der Waals surface area (Å²) in [5.74, 6) is 1.99. The Morgan fingerprint density at radius 1 is 0.349 bits per heavy atom. The van der Waals surface area contributed by atoms with Gasteiger partial charge in [-0.3, -0.25) is 9.97 Å². The summed E-state index contributed by atoms with van der Waals surface area (Å²) in [5.41, 5.74) is 10.8. The summed E-state index contributed by atoms with van der Waals surface area (Å²) in [5, 5.41) is 0. The van der Waals surface area contributed by atoms with E-state index < -0.39 is 0 Å². The lowest BCUT2D eigenvalue weighted by Gasteiger charge is -2.10. The van der Waals surface area contributed by atoms with Crippen molar-refractivity contribution in [1.82, 2.24) is 24.9 Å². The van der Waals surface area contributed by atoms with Crippen molar-refractivity contribution in [2.75, 3.05) is 0 Å². The fourth-order valence-corrected chi connectivity index (χ4v) is 5.19. The van der Waals surface area contributed by atoms with E-state index in [-0.39, 0.29) is 0 Å². The number of benzene rings is 4. The minimum absolute atomic E-state index is 0.655. The largest absolute Gasteiger partial charge is 0.264 e. The summed E-state index contributed by atoms with van der Waals surface area (Å²) in [6.07, 6.45) is 7.34. The molecule has 0 aliphatic heterocycles. The maximum atomic E-state index is 4.92. The van der Waals surface area contributed by atoms with Crippen LogP contribution in [0, 0.1) is 6.92 Å². The topological polar surface area (TPSA) is 64.5 Å². The first kappa shape index (κ1) is 26.1. The number of hydrogen-bond acceptors (Lipinski definition) is 5. The van der Waals surface area contributed by atoms with Gasteiger partial charge in [0.2, 0.25) is 0 Å². The van der Waals surface area contributed by atoms with Gasteiger partial charge >= 0.3 is 0 Å². The summed E-state index contributed by atoms with van der Waals surface area (Å²) < 4.78 is 0. The molecule has 0 saturated carbocycles. The molecule has 0 unspecified atom stereocenters. The summed E-state index contributed by atoms with van der Waals surface area (Å²) in [6, 6.07) is 41.8. The van der Waals surface area contributed by atoms with Crippen LogP contribution in [0.3, 0.4) is 0 Å². The summed E-state index contributed by atoms with van der Waals surface area (Å²) in [7, 11) is 0. The van der Waals surface area contributed by atoms with Gasteiger partial charge in [0.1, 0.15) is 5.82 Å². The Labute approximate surface area is 250 Å². The van der Waals surface area contributed by atoms with Crippen molar-refractivity contribution in [2.24, 2.45) is 0 Å². The Morgan fingerprint density at radius 3 is 1.12 bits per heavy atom. The van der Waals surface area contributed by atoms with Crippen LogP contribution in [0.5, 0.6) is 0 Å². The molecule has 0 radical (unpaired) electrons. The molecule has 3 heterocycles. The maximum absolute atomic E-state index is 4.92. The standard InChI is InChI=1S/C38H27N5/c1-26-41-37(33-8-2-6-31(22-33)27-12-16-29(17-13-27)35-10-4-20-39-24-35)43-38(42-26)34-9-3-7-32(23-34)28-14-18-30(19-15-28)36-11-5-21-40-25-36/h2-25H,1H3. The lowest BCUT2D eigenvalue weighted by Crippen LogP contribution is -1.99. The van der Waals surface area contributed by atoms with Gasteiger partial charge in [-0.15, -0.1) is 0 Å². The van der Waals surface area contributed by atoms with E-state index in [1.807, 2.05) is 55.7 Å². The molecule has 0 amide bonds. The minimum atomic E-state index is 0.655. The molecular formula is C38H27N5. The Bertz CT molecular complexity index is 1860. The highest BCUT2D eigenvalue weighted by Gasteiger charge is 2.11. The van der Waals surface area contributed by atoms with Crippen LogP contribution in [0.25, 0.3) is 67.3 Å². The first-order valence-corrected chi connectivity index (χ1v) is 14.1. The summed E-state index contributed by atoms with van der Waals surface area (Å²) in [6.45, 7) is 1.91. The van der Waals surface area contributed by atoms with Gasteiger partial charge in [0.25, 0.3) is 0 Å². The van der Waals surface area contributed by atoms with Crippen molar-refractivity contribution < 1.29 is 0 Å². The van der Waals surface area contributed by atoms with E-state index in [4.69, 9.17) is 15.0 Å². The molecule has 5 nitrogen and oxygen atoms in total. The van der Waals surface area contributed by atoms with Gasteiger partial charge in [0.15, 0.2) is 11.6 Å². The second kappa shape index (κ2) is 11.6. The van der Waals surface area contributed by atoms with Crippen LogP contribution in [-0.2, 0) is 0 Å². The van der Waals surface area contributed by atoms with Gasteiger partial charge in [-0.1, -0.05) is 97.1 Å². The van der Waals surface area contributed by atoms with E-state index in [0.29, 0.717) is 17.5 Å². The van der Waals surface area contributed by atoms with Crippen LogP contribution in [0.2, 0.25) is 0 Å². The molecule has 0 aliphatic carbocycles. The number of aryl methyl sites for hydroxylation is 1.